The van der Waals surface area contributed by atoms with Gasteiger partial charge >= 0.3 is 0 Å². The van der Waals surface area contributed by atoms with Gasteiger partial charge in [-0.1, -0.05) is 24.3 Å². The summed E-state index contributed by atoms with van der Waals surface area (Å²) < 4.78 is 11.7. The Morgan fingerprint density at radius 1 is 1.10 bits per heavy atom. The van der Waals surface area contributed by atoms with Gasteiger partial charge in [0.2, 0.25) is 5.91 Å². The largest absolute Gasteiger partial charge is 0.488 e. The van der Waals surface area contributed by atoms with E-state index >= 15 is 0 Å². The first kappa shape index (κ1) is 19.0. The van der Waals surface area contributed by atoms with Gasteiger partial charge in [-0.3, -0.25) is 19.3 Å². The third kappa shape index (κ3) is 3.68. The fourth-order valence-corrected chi connectivity index (χ4v) is 3.63. The van der Waals surface area contributed by atoms with E-state index in [0.717, 1.165) is 22.6 Å². The maximum absolute atomic E-state index is 12.3. The van der Waals surface area contributed by atoms with Crippen molar-refractivity contribution in [1.29, 1.82) is 0 Å². The van der Waals surface area contributed by atoms with Gasteiger partial charge in [-0.15, -0.1) is 0 Å². The van der Waals surface area contributed by atoms with Gasteiger partial charge in [0.05, 0.1) is 17.7 Å². The molecule has 2 aromatic carbocycles. The smallest absolute Gasteiger partial charge is 0.262 e. The van der Waals surface area contributed by atoms with E-state index in [9.17, 15) is 14.4 Å². The SMILES string of the molecule is CC1(C)Cc2cccc(OCCNC(=O)CN3C(=O)c4ccccc4C3=O)c2O1. The molecule has 3 amide bonds. The lowest BCUT2D eigenvalue weighted by atomic mass is 10.0. The summed E-state index contributed by atoms with van der Waals surface area (Å²) >= 11 is 0. The number of nitrogens with zero attached hydrogens (tertiary/aromatic N) is 1. The summed E-state index contributed by atoms with van der Waals surface area (Å²) in [5.41, 5.74) is 1.49. The Kier molecular flexibility index (Phi) is 4.74. The van der Waals surface area contributed by atoms with Crippen LogP contribution in [0.2, 0.25) is 0 Å². The topological polar surface area (TPSA) is 84.9 Å². The molecular weight excluding hydrogens is 372 g/mol. The number of fused-ring (bicyclic) bond motifs is 2. The molecule has 7 nitrogen and oxygen atoms in total. The fourth-order valence-electron chi connectivity index (χ4n) is 3.63. The van der Waals surface area contributed by atoms with E-state index in [1.807, 2.05) is 32.0 Å². The first-order valence-corrected chi connectivity index (χ1v) is 9.51. The van der Waals surface area contributed by atoms with Crippen molar-refractivity contribution in [3.63, 3.8) is 0 Å². The molecule has 0 aliphatic carbocycles. The maximum Gasteiger partial charge on any atom is 0.262 e. The molecule has 0 radical (unpaired) electrons. The van der Waals surface area contributed by atoms with Crippen LogP contribution in [-0.2, 0) is 11.2 Å². The molecule has 0 bridgehead atoms. The van der Waals surface area contributed by atoms with Crippen LogP contribution in [0.4, 0.5) is 0 Å². The van der Waals surface area contributed by atoms with Gasteiger partial charge in [0.1, 0.15) is 18.8 Å². The van der Waals surface area contributed by atoms with Crippen LogP contribution in [0.3, 0.4) is 0 Å². The summed E-state index contributed by atoms with van der Waals surface area (Å²) in [5, 5.41) is 2.68. The van der Waals surface area contributed by atoms with E-state index in [1.165, 1.54) is 0 Å². The lowest BCUT2D eigenvalue weighted by Gasteiger charge is -2.18. The number of carbonyl (C=O) groups excluding carboxylic acids is 3. The molecule has 1 N–H and O–H groups in total. The van der Waals surface area contributed by atoms with Crippen LogP contribution in [0.25, 0.3) is 0 Å². The second-order valence-electron chi connectivity index (χ2n) is 7.72. The van der Waals surface area contributed by atoms with Gasteiger partial charge in [-0.05, 0) is 32.0 Å². The molecule has 7 heteroatoms. The molecule has 0 atom stereocenters. The van der Waals surface area contributed by atoms with Crippen LogP contribution >= 0.6 is 0 Å². The highest BCUT2D eigenvalue weighted by atomic mass is 16.5. The van der Waals surface area contributed by atoms with Crippen molar-refractivity contribution in [2.75, 3.05) is 19.7 Å². The molecule has 4 rings (SSSR count). The van der Waals surface area contributed by atoms with Gasteiger partial charge in [-0.25, -0.2) is 0 Å². The van der Waals surface area contributed by atoms with Gasteiger partial charge < -0.3 is 14.8 Å². The number of amides is 3. The molecule has 0 fully saturated rings. The van der Waals surface area contributed by atoms with E-state index in [0.29, 0.717) is 16.9 Å². The Morgan fingerprint density at radius 2 is 1.79 bits per heavy atom. The third-order valence-electron chi connectivity index (χ3n) is 4.92. The van der Waals surface area contributed by atoms with Crippen LogP contribution in [0.15, 0.2) is 42.5 Å². The van der Waals surface area contributed by atoms with Crippen molar-refractivity contribution in [1.82, 2.24) is 10.2 Å². The molecule has 2 aliphatic rings. The highest BCUT2D eigenvalue weighted by Gasteiger charge is 2.36. The summed E-state index contributed by atoms with van der Waals surface area (Å²) in [5.74, 6) is 0.0736. The number of imide groups is 1. The minimum Gasteiger partial charge on any atom is -0.488 e. The predicted molar refractivity (Wildman–Crippen MR) is 105 cm³/mol. The lowest BCUT2D eigenvalue weighted by molar-refractivity contribution is -0.121. The number of nitrogens with one attached hydrogen (secondary N) is 1. The predicted octanol–water partition coefficient (Wildman–Crippen LogP) is 2.19. The molecular formula is C22H22N2O5. The van der Waals surface area contributed by atoms with Gasteiger partial charge in [0.15, 0.2) is 11.5 Å². The number of hydrogen-bond acceptors (Lipinski definition) is 5. The van der Waals surface area contributed by atoms with Crippen molar-refractivity contribution in [2.24, 2.45) is 0 Å². The highest BCUT2D eigenvalue weighted by molar-refractivity contribution is 6.22. The van der Waals surface area contributed by atoms with Crippen molar-refractivity contribution in [2.45, 2.75) is 25.9 Å². The molecule has 0 saturated carbocycles. The number of rotatable bonds is 6. The first-order valence-electron chi connectivity index (χ1n) is 9.51. The van der Waals surface area contributed by atoms with E-state index < -0.39 is 17.7 Å². The Morgan fingerprint density at radius 3 is 2.48 bits per heavy atom. The molecule has 0 spiro atoms. The quantitative estimate of drug-likeness (QED) is 0.600. The number of ether oxygens (including phenoxy) is 2. The third-order valence-corrected chi connectivity index (χ3v) is 4.92. The number of benzene rings is 2. The zero-order valence-corrected chi connectivity index (χ0v) is 16.4. The van der Waals surface area contributed by atoms with Crippen LogP contribution < -0.4 is 14.8 Å². The molecule has 150 valence electrons. The summed E-state index contributed by atoms with van der Waals surface area (Å²) in [4.78, 5) is 37.8. The van der Waals surface area contributed by atoms with E-state index in [1.54, 1.807) is 24.3 Å². The highest BCUT2D eigenvalue weighted by Crippen LogP contribution is 2.41. The molecule has 2 heterocycles. The monoisotopic (exact) mass is 394 g/mol. The average Bonchev–Trinajstić information content (AvgIpc) is 3.13. The molecule has 0 aromatic heterocycles. The summed E-state index contributed by atoms with van der Waals surface area (Å²) in [6.07, 6.45) is 0.816. The normalized spacial score (nSPS) is 16.3. The van der Waals surface area contributed by atoms with Crippen molar-refractivity contribution >= 4 is 17.7 Å². The number of carbonyl (C=O) groups is 3. The van der Waals surface area contributed by atoms with Crippen LogP contribution in [0.1, 0.15) is 40.1 Å². The van der Waals surface area contributed by atoms with Crippen LogP contribution in [-0.4, -0.2) is 47.9 Å². The molecule has 29 heavy (non-hydrogen) atoms. The second-order valence-corrected chi connectivity index (χ2v) is 7.72. The maximum atomic E-state index is 12.3. The van der Waals surface area contributed by atoms with Gasteiger partial charge in [0, 0.05) is 12.0 Å². The second kappa shape index (κ2) is 7.24. The number of hydrogen-bond donors (Lipinski definition) is 1. The molecule has 2 aromatic rings. The van der Waals surface area contributed by atoms with Crippen LogP contribution in [0, 0.1) is 0 Å². The van der Waals surface area contributed by atoms with Crippen molar-refractivity contribution in [3.05, 3.63) is 59.2 Å². The molecule has 0 saturated heterocycles. The number of para-hydroxylation sites is 1. The zero-order chi connectivity index (χ0) is 20.6. The van der Waals surface area contributed by atoms with Gasteiger partial charge in [-0.2, -0.15) is 0 Å². The average molecular weight is 394 g/mol. The summed E-state index contributed by atoms with van der Waals surface area (Å²) in [6.45, 7) is 4.22. The Labute approximate surface area is 168 Å². The van der Waals surface area contributed by atoms with E-state index in [-0.39, 0.29) is 25.3 Å². The van der Waals surface area contributed by atoms with Crippen LogP contribution in [0.5, 0.6) is 11.5 Å². The van der Waals surface area contributed by atoms with E-state index in [4.69, 9.17) is 9.47 Å². The van der Waals surface area contributed by atoms with Crippen molar-refractivity contribution < 1.29 is 23.9 Å². The van der Waals surface area contributed by atoms with E-state index in [2.05, 4.69) is 5.32 Å². The minimum absolute atomic E-state index is 0.244. The standard InChI is InChI=1S/C22H22N2O5/c1-22(2)12-14-6-5-9-17(19(14)29-22)28-11-10-23-18(25)13-24-20(26)15-7-3-4-8-16(15)21(24)27/h3-9H,10-13H2,1-2H3,(H,23,25). The lowest BCUT2D eigenvalue weighted by Crippen LogP contribution is -2.41. The summed E-state index contributed by atoms with van der Waals surface area (Å²) in [7, 11) is 0. The zero-order valence-electron chi connectivity index (χ0n) is 16.4. The Balaban J connectivity index is 1.28. The minimum atomic E-state index is -0.448. The Bertz CT molecular complexity index is 963. The molecule has 2 aliphatic heterocycles. The van der Waals surface area contributed by atoms with Crippen molar-refractivity contribution in [3.8, 4) is 11.5 Å². The fraction of sp³-hybridized carbons (Fsp3) is 0.318. The van der Waals surface area contributed by atoms with Gasteiger partial charge in [0.25, 0.3) is 11.8 Å². The molecule has 0 unspecified atom stereocenters. The Hall–Kier alpha value is -3.35. The first-order chi connectivity index (χ1) is 13.9. The summed E-state index contributed by atoms with van der Waals surface area (Å²) in [6, 6.07) is 12.3.